The van der Waals surface area contributed by atoms with E-state index in [4.69, 9.17) is 5.26 Å². The van der Waals surface area contributed by atoms with E-state index in [1.807, 2.05) is 12.3 Å². The van der Waals surface area contributed by atoms with Crippen molar-refractivity contribution in [2.24, 2.45) is 23.2 Å². The highest BCUT2D eigenvalue weighted by atomic mass is 19.1. The number of nitriles is 1. The number of aromatic nitrogens is 2. The van der Waals surface area contributed by atoms with Crippen LogP contribution in [0.2, 0.25) is 0 Å². The van der Waals surface area contributed by atoms with Crippen LogP contribution >= 0.6 is 0 Å². The van der Waals surface area contributed by atoms with Crippen LogP contribution in [0.15, 0.2) is 48.8 Å². The summed E-state index contributed by atoms with van der Waals surface area (Å²) in [5.41, 5.74) is 2.30. The van der Waals surface area contributed by atoms with E-state index in [2.05, 4.69) is 21.4 Å². The number of nitrogens with zero attached hydrogens (tertiary/aromatic N) is 3. The first-order chi connectivity index (χ1) is 16.1. The number of hydrogen-bond acceptors (Lipinski definition) is 4. The Morgan fingerprint density at radius 3 is 2.52 bits per heavy atom. The van der Waals surface area contributed by atoms with E-state index in [-0.39, 0.29) is 17.1 Å². The molecule has 0 radical (unpaired) electrons. The fourth-order valence-corrected chi connectivity index (χ4v) is 6.55. The second-order valence-corrected chi connectivity index (χ2v) is 10.1. The molecule has 6 heteroatoms. The summed E-state index contributed by atoms with van der Waals surface area (Å²) in [6.07, 6.45) is 9.60. The number of halogens is 1. The van der Waals surface area contributed by atoms with Crippen LogP contribution in [0, 0.1) is 40.3 Å². The van der Waals surface area contributed by atoms with Gasteiger partial charge in [0.2, 0.25) is 5.91 Å². The first-order valence-corrected chi connectivity index (χ1v) is 11.8. The highest BCUT2D eigenvalue weighted by molar-refractivity contribution is 5.96. The van der Waals surface area contributed by atoms with Gasteiger partial charge in [-0.15, -0.1) is 0 Å². The third kappa shape index (κ3) is 3.47. The van der Waals surface area contributed by atoms with Gasteiger partial charge in [0.25, 0.3) is 0 Å². The Morgan fingerprint density at radius 2 is 1.85 bits per heavy atom. The van der Waals surface area contributed by atoms with Crippen molar-refractivity contribution in [3.8, 4) is 6.07 Å². The zero-order valence-corrected chi connectivity index (χ0v) is 18.3. The highest BCUT2D eigenvalue weighted by Crippen LogP contribution is 2.63. The van der Waals surface area contributed by atoms with Crippen LogP contribution < -0.4 is 5.32 Å². The Hall–Kier alpha value is -3.33. The Morgan fingerprint density at radius 1 is 1.06 bits per heavy atom. The van der Waals surface area contributed by atoms with Crippen molar-refractivity contribution in [1.82, 2.24) is 9.97 Å². The molecule has 6 rings (SSSR count). The molecular weight excluding hydrogens is 415 g/mol. The molecule has 0 aliphatic heterocycles. The molecule has 3 fully saturated rings. The first kappa shape index (κ1) is 20.3. The van der Waals surface area contributed by atoms with E-state index in [1.54, 1.807) is 24.3 Å². The molecule has 3 aromatic rings. The second-order valence-electron chi connectivity index (χ2n) is 10.1. The molecule has 0 unspecified atom stereocenters. The van der Waals surface area contributed by atoms with E-state index < -0.39 is 0 Å². The van der Waals surface area contributed by atoms with Gasteiger partial charge in [0, 0.05) is 17.8 Å². The molecule has 0 bridgehead atoms. The number of carbonyl (C=O) groups is 1. The van der Waals surface area contributed by atoms with E-state index in [0.717, 1.165) is 49.4 Å². The summed E-state index contributed by atoms with van der Waals surface area (Å²) in [7, 11) is 0. The fourth-order valence-electron chi connectivity index (χ4n) is 6.55. The molecule has 2 aromatic heterocycles. The molecule has 1 amide bonds. The zero-order valence-electron chi connectivity index (χ0n) is 18.3. The topological polar surface area (TPSA) is 78.7 Å². The number of carbonyl (C=O) groups excluding carboxylic acids is 1. The molecule has 1 N–H and O–H groups in total. The van der Waals surface area contributed by atoms with Crippen molar-refractivity contribution in [2.45, 2.75) is 44.4 Å². The van der Waals surface area contributed by atoms with Gasteiger partial charge in [-0.3, -0.25) is 9.78 Å². The van der Waals surface area contributed by atoms with Crippen molar-refractivity contribution in [3.05, 3.63) is 65.7 Å². The van der Waals surface area contributed by atoms with Gasteiger partial charge in [-0.05, 0) is 104 Å². The monoisotopic (exact) mass is 440 g/mol. The lowest BCUT2D eigenvalue weighted by Gasteiger charge is -2.24. The lowest BCUT2D eigenvalue weighted by atomic mass is 9.83. The van der Waals surface area contributed by atoms with Crippen molar-refractivity contribution in [2.75, 3.05) is 5.32 Å². The Labute approximate surface area is 192 Å². The van der Waals surface area contributed by atoms with Gasteiger partial charge in [0.05, 0.1) is 16.5 Å². The van der Waals surface area contributed by atoms with Crippen LogP contribution in [0.3, 0.4) is 0 Å². The van der Waals surface area contributed by atoms with Gasteiger partial charge in [-0.2, -0.15) is 5.26 Å². The maximum absolute atomic E-state index is 13.9. The molecule has 4 atom stereocenters. The van der Waals surface area contributed by atoms with Gasteiger partial charge in [-0.1, -0.05) is 0 Å². The highest BCUT2D eigenvalue weighted by Gasteiger charge is 2.59. The second kappa shape index (κ2) is 7.62. The summed E-state index contributed by atoms with van der Waals surface area (Å²) in [6.45, 7) is 0. The molecule has 2 heterocycles. The number of hydrogen-bond donors (Lipinski definition) is 1. The molecule has 1 aromatic carbocycles. The quantitative estimate of drug-likeness (QED) is 0.574. The minimum atomic E-state index is -0.262. The SMILES string of the molecule is N#Cc1ccc(NC(=O)C2([C@@H]3C[C@H]4C[C@@H](c5ccnc6ccc(F)cc56)C[C@H]4C3)CC2)nc1. The summed E-state index contributed by atoms with van der Waals surface area (Å²) in [5, 5.41) is 12.9. The average Bonchev–Trinajstić information content (AvgIpc) is 3.40. The fraction of sp³-hybridized carbons (Fsp3) is 0.407. The normalized spacial score (nSPS) is 27.2. The van der Waals surface area contributed by atoms with Gasteiger partial charge in [-0.25, -0.2) is 9.37 Å². The maximum atomic E-state index is 13.9. The molecule has 0 saturated heterocycles. The van der Waals surface area contributed by atoms with Crippen LogP contribution in [0.5, 0.6) is 0 Å². The van der Waals surface area contributed by atoms with Gasteiger partial charge in [0.15, 0.2) is 0 Å². The number of fused-ring (bicyclic) bond motifs is 2. The van der Waals surface area contributed by atoms with E-state index in [0.29, 0.717) is 35.1 Å². The molecule has 0 spiro atoms. The largest absolute Gasteiger partial charge is 0.310 e. The Kier molecular flexibility index (Phi) is 4.69. The van der Waals surface area contributed by atoms with Gasteiger partial charge >= 0.3 is 0 Å². The minimum Gasteiger partial charge on any atom is -0.310 e. The lowest BCUT2D eigenvalue weighted by Crippen LogP contribution is -2.30. The van der Waals surface area contributed by atoms with E-state index >= 15 is 0 Å². The molecule has 33 heavy (non-hydrogen) atoms. The summed E-state index contributed by atoms with van der Waals surface area (Å²) < 4.78 is 13.9. The number of nitrogens with one attached hydrogen (secondary N) is 1. The van der Waals surface area contributed by atoms with Gasteiger partial charge < -0.3 is 5.32 Å². The van der Waals surface area contributed by atoms with Crippen LogP contribution in [0.25, 0.3) is 10.9 Å². The van der Waals surface area contributed by atoms with Crippen molar-refractivity contribution in [1.29, 1.82) is 5.26 Å². The molecule has 3 aliphatic carbocycles. The number of rotatable bonds is 4. The van der Waals surface area contributed by atoms with E-state index in [9.17, 15) is 9.18 Å². The third-order valence-corrected chi connectivity index (χ3v) is 8.35. The van der Waals surface area contributed by atoms with Crippen LogP contribution in [0.4, 0.5) is 10.2 Å². The first-order valence-electron chi connectivity index (χ1n) is 11.8. The molecule has 5 nitrogen and oxygen atoms in total. The summed E-state index contributed by atoms with van der Waals surface area (Å²) in [4.78, 5) is 21.8. The van der Waals surface area contributed by atoms with E-state index in [1.165, 1.54) is 17.8 Å². The summed E-state index contributed by atoms with van der Waals surface area (Å²) in [5.74, 6) is 2.47. The summed E-state index contributed by atoms with van der Waals surface area (Å²) in [6, 6.07) is 12.3. The standard InChI is InChI=1S/C27H25FN4O/c28-21-2-3-24-23(13-21)22(5-8-30-24)19-9-17-11-20(12-18(17)10-19)27(6-7-27)26(33)32-25-4-1-16(14-29)15-31-25/h1-5,8,13,15,17-20H,6-7,9-12H2,(H,31,32,33)/t17-,18+,19-,20-. The lowest BCUT2D eigenvalue weighted by molar-refractivity contribution is -0.123. The maximum Gasteiger partial charge on any atom is 0.232 e. The van der Waals surface area contributed by atoms with Crippen molar-refractivity contribution >= 4 is 22.6 Å². The molecule has 3 saturated carbocycles. The van der Waals surface area contributed by atoms with Crippen LogP contribution in [0.1, 0.15) is 55.6 Å². The predicted octanol–water partition coefficient (Wildman–Crippen LogP) is 5.58. The van der Waals surface area contributed by atoms with Gasteiger partial charge in [0.1, 0.15) is 17.7 Å². The smallest absolute Gasteiger partial charge is 0.232 e. The Balaban J connectivity index is 1.15. The third-order valence-electron chi connectivity index (χ3n) is 8.35. The molecular formula is C27H25FN4O. The van der Waals surface area contributed by atoms with Crippen molar-refractivity contribution < 1.29 is 9.18 Å². The van der Waals surface area contributed by atoms with Crippen molar-refractivity contribution in [3.63, 3.8) is 0 Å². The predicted molar refractivity (Wildman–Crippen MR) is 123 cm³/mol. The number of pyridine rings is 2. The summed E-state index contributed by atoms with van der Waals surface area (Å²) >= 11 is 0. The Bertz CT molecular complexity index is 1260. The average molecular weight is 441 g/mol. The zero-order chi connectivity index (χ0) is 22.6. The number of amides is 1. The number of benzene rings is 1. The number of anilines is 1. The van der Waals surface area contributed by atoms with Crippen LogP contribution in [-0.4, -0.2) is 15.9 Å². The molecule has 3 aliphatic rings. The molecule has 166 valence electrons. The minimum absolute atomic E-state index is 0.0804. The van der Waals surface area contributed by atoms with Crippen LogP contribution in [-0.2, 0) is 4.79 Å².